The van der Waals surface area contributed by atoms with Crippen LogP contribution in [0.1, 0.15) is 129 Å². The van der Waals surface area contributed by atoms with Gasteiger partial charge in [0, 0.05) is 12.8 Å². The summed E-state index contributed by atoms with van der Waals surface area (Å²) in [5.74, 6) is -1.11. The van der Waals surface area contributed by atoms with Crippen molar-refractivity contribution in [2.24, 2.45) is 0 Å². The minimum absolute atomic E-state index is 0.0250. The molecule has 0 heterocycles. The average Bonchev–Trinajstić information content (AvgIpc) is 3.11. The molecule has 0 saturated carbocycles. The Morgan fingerprint density at radius 2 is 1.24 bits per heavy atom. The highest BCUT2D eigenvalue weighted by Crippen LogP contribution is 2.43. The topological polar surface area (TPSA) is 149 Å². The summed E-state index contributed by atoms with van der Waals surface area (Å²) in [6.07, 6.45) is 31.7. The Balaban J connectivity index is 4.70. The molecule has 11 nitrogen and oxygen atoms in total. The number of hydrogen-bond donors (Lipinski definition) is 3. The summed E-state index contributed by atoms with van der Waals surface area (Å²) in [7, 11) is 1.28. The van der Waals surface area contributed by atoms with E-state index in [-0.39, 0.29) is 45.3 Å². The number of aliphatic hydroxyl groups excluding tert-OH is 2. The molecule has 0 saturated heterocycles. The number of aliphatic hydroxyl groups is 2. The van der Waals surface area contributed by atoms with Crippen molar-refractivity contribution in [3.8, 4) is 0 Å². The van der Waals surface area contributed by atoms with E-state index in [0.717, 1.165) is 64.2 Å². The van der Waals surface area contributed by atoms with Crippen LogP contribution in [0.2, 0.25) is 0 Å². The number of allylic oxidation sites excluding steroid dienone is 9. The molecule has 0 aromatic rings. The molecule has 54 heavy (non-hydrogen) atoms. The Morgan fingerprint density at radius 3 is 1.87 bits per heavy atom. The summed E-state index contributed by atoms with van der Waals surface area (Å²) in [5.41, 5.74) is 0. The standard InChI is InChI=1S/C42H74NO10P/c1-6-8-10-12-14-16-18-20-21-23-25-27-30-39(44)40(45)31-29-33-42(47)53-38(37-52-54(48,49)51-35-34-43(3,4)5)36-50-41(46)32-28-26-24-22-19-17-15-13-11-9-7-2/h8,10,13-16,20-21,25,27,38-40,44-45H,6-7,9,11-12,17-19,22-24,26,28-37H2,1-5H3/p+1/b10-8-,15-13-,16-14-,21-20-,27-25-/t38-,39-,40-/m1/s1. The maximum Gasteiger partial charge on any atom is 0.472 e. The number of rotatable bonds is 35. The zero-order valence-electron chi connectivity index (χ0n) is 34.2. The molecule has 0 bridgehead atoms. The second-order valence-corrected chi connectivity index (χ2v) is 16.0. The van der Waals surface area contributed by atoms with Crippen LogP contribution in [-0.4, -0.2) is 97.3 Å². The molecule has 0 amide bonds. The second kappa shape index (κ2) is 33.9. The van der Waals surface area contributed by atoms with Crippen molar-refractivity contribution in [2.75, 3.05) is 47.5 Å². The molecular formula is C42H75NO10P+. The van der Waals surface area contributed by atoms with Gasteiger partial charge in [-0.05, 0) is 70.6 Å². The van der Waals surface area contributed by atoms with Crippen LogP contribution in [0.5, 0.6) is 0 Å². The van der Waals surface area contributed by atoms with Gasteiger partial charge >= 0.3 is 19.8 Å². The van der Waals surface area contributed by atoms with E-state index in [2.05, 4.69) is 56.4 Å². The van der Waals surface area contributed by atoms with E-state index < -0.39 is 44.7 Å². The smallest absolute Gasteiger partial charge is 0.462 e. The quantitative estimate of drug-likeness (QED) is 0.0187. The summed E-state index contributed by atoms with van der Waals surface area (Å²) in [6.45, 7) is 3.88. The molecule has 0 radical (unpaired) electrons. The van der Waals surface area contributed by atoms with E-state index in [1.165, 1.54) is 12.8 Å². The van der Waals surface area contributed by atoms with E-state index in [1.807, 2.05) is 39.4 Å². The van der Waals surface area contributed by atoms with Gasteiger partial charge in [-0.25, -0.2) is 4.57 Å². The van der Waals surface area contributed by atoms with E-state index >= 15 is 0 Å². The Morgan fingerprint density at radius 1 is 0.667 bits per heavy atom. The predicted octanol–water partition coefficient (Wildman–Crippen LogP) is 8.85. The molecule has 0 aromatic carbocycles. The van der Waals surface area contributed by atoms with Gasteiger partial charge in [-0.1, -0.05) is 107 Å². The van der Waals surface area contributed by atoms with Crippen molar-refractivity contribution in [3.63, 3.8) is 0 Å². The highest BCUT2D eigenvalue weighted by molar-refractivity contribution is 7.47. The maximum absolute atomic E-state index is 12.7. The van der Waals surface area contributed by atoms with Gasteiger partial charge in [-0.15, -0.1) is 0 Å². The third-order valence-corrected chi connectivity index (χ3v) is 9.22. The lowest BCUT2D eigenvalue weighted by molar-refractivity contribution is -0.870. The number of hydrogen-bond acceptors (Lipinski definition) is 9. The molecular weight excluding hydrogens is 709 g/mol. The maximum atomic E-state index is 12.7. The molecule has 0 aromatic heterocycles. The highest BCUT2D eigenvalue weighted by Gasteiger charge is 2.27. The summed E-state index contributed by atoms with van der Waals surface area (Å²) < 4.78 is 33.9. The van der Waals surface area contributed by atoms with Gasteiger partial charge in [0.2, 0.25) is 0 Å². The Kier molecular flexibility index (Phi) is 32.4. The zero-order chi connectivity index (χ0) is 40.3. The molecule has 1 unspecified atom stereocenters. The van der Waals surface area contributed by atoms with E-state index in [0.29, 0.717) is 17.4 Å². The number of esters is 2. The molecule has 0 spiro atoms. The van der Waals surface area contributed by atoms with Crippen LogP contribution in [0.15, 0.2) is 60.8 Å². The van der Waals surface area contributed by atoms with Gasteiger partial charge in [0.25, 0.3) is 0 Å². The molecule has 0 fully saturated rings. The molecule has 0 aliphatic carbocycles. The Bertz CT molecular complexity index is 1140. The SMILES string of the molecule is CC/C=C\C/C=C\C/C=C\C/C=C\C[C@@H](O)[C@H](O)CCCC(=O)O[C@H](COC(=O)CCCCCCC/C=C\CCCC)COP(=O)(O)OCC[N+](C)(C)C. The van der Waals surface area contributed by atoms with Crippen LogP contribution >= 0.6 is 7.82 Å². The first-order valence-corrected chi connectivity index (χ1v) is 21.7. The number of unbranched alkanes of at least 4 members (excludes halogenated alkanes) is 7. The number of likely N-dealkylation sites (N-methyl/N-ethyl adjacent to an activating group) is 1. The average molecular weight is 785 g/mol. The van der Waals surface area contributed by atoms with Crippen LogP contribution in [-0.2, 0) is 32.7 Å². The van der Waals surface area contributed by atoms with Gasteiger partial charge in [0.15, 0.2) is 6.10 Å². The third-order valence-electron chi connectivity index (χ3n) is 8.23. The van der Waals surface area contributed by atoms with Gasteiger partial charge in [0.1, 0.15) is 19.8 Å². The number of nitrogens with zero attached hydrogens (tertiary/aromatic N) is 1. The molecule has 0 rings (SSSR count). The lowest BCUT2D eigenvalue weighted by Crippen LogP contribution is -2.37. The minimum atomic E-state index is -4.46. The van der Waals surface area contributed by atoms with Crippen LogP contribution < -0.4 is 0 Å². The van der Waals surface area contributed by atoms with Crippen LogP contribution in [0.25, 0.3) is 0 Å². The van der Waals surface area contributed by atoms with E-state index in [4.69, 9.17) is 18.5 Å². The lowest BCUT2D eigenvalue weighted by atomic mass is 10.0. The second-order valence-electron chi connectivity index (χ2n) is 14.6. The number of carbonyl (C=O) groups is 2. The Hall–Kier alpha value is -2.37. The van der Waals surface area contributed by atoms with Gasteiger partial charge < -0.3 is 29.1 Å². The van der Waals surface area contributed by atoms with Crippen molar-refractivity contribution in [1.29, 1.82) is 0 Å². The predicted molar refractivity (Wildman–Crippen MR) is 218 cm³/mol. The van der Waals surface area contributed by atoms with Gasteiger partial charge in [0.05, 0.1) is 40.0 Å². The summed E-state index contributed by atoms with van der Waals surface area (Å²) in [4.78, 5) is 35.3. The van der Waals surface area contributed by atoms with Crippen LogP contribution in [0, 0.1) is 0 Å². The van der Waals surface area contributed by atoms with E-state index in [9.17, 15) is 29.3 Å². The largest absolute Gasteiger partial charge is 0.472 e. The lowest BCUT2D eigenvalue weighted by Gasteiger charge is -2.24. The molecule has 312 valence electrons. The minimum Gasteiger partial charge on any atom is -0.462 e. The first kappa shape index (κ1) is 51.6. The summed E-state index contributed by atoms with van der Waals surface area (Å²) in [5, 5.41) is 20.7. The first-order chi connectivity index (χ1) is 25.8. The molecule has 3 N–H and O–H groups in total. The third kappa shape index (κ3) is 35.3. The number of phosphoric acid groups is 1. The van der Waals surface area contributed by atoms with Gasteiger partial charge in [-0.2, -0.15) is 0 Å². The molecule has 0 aliphatic rings. The first-order valence-electron chi connectivity index (χ1n) is 20.2. The van der Waals surface area contributed by atoms with Crippen LogP contribution in [0.4, 0.5) is 0 Å². The van der Waals surface area contributed by atoms with Crippen molar-refractivity contribution in [1.82, 2.24) is 0 Å². The summed E-state index contributed by atoms with van der Waals surface area (Å²) >= 11 is 0. The number of ether oxygens (including phenoxy) is 2. The molecule has 4 atom stereocenters. The monoisotopic (exact) mass is 785 g/mol. The molecule has 12 heteroatoms. The van der Waals surface area contributed by atoms with Crippen LogP contribution in [0.3, 0.4) is 0 Å². The van der Waals surface area contributed by atoms with Crippen molar-refractivity contribution >= 4 is 19.8 Å². The van der Waals surface area contributed by atoms with Crippen molar-refractivity contribution in [2.45, 2.75) is 148 Å². The zero-order valence-corrected chi connectivity index (χ0v) is 35.1. The fourth-order valence-corrected chi connectivity index (χ4v) is 5.65. The fraction of sp³-hybridized carbons (Fsp3) is 0.714. The normalized spacial score (nSPS) is 15.5. The number of phosphoric ester groups is 1. The summed E-state index contributed by atoms with van der Waals surface area (Å²) in [6, 6.07) is 0. The highest BCUT2D eigenvalue weighted by atomic mass is 31.2. The Labute approximate surface area is 327 Å². The molecule has 0 aliphatic heterocycles. The van der Waals surface area contributed by atoms with E-state index in [1.54, 1.807) is 0 Å². The number of carbonyl (C=O) groups excluding carboxylic acids is 2. The van der Waals surface area contributed by atoms with Crippen molar-refractivity contribution < 1.29 is 52.3 Å². The fourth-order valence-electron chi connectivity index (χ4n) is 4.90. The van der Waals surface area contributed by atoms with Gasteiger partial charge in [-0.3, -0.25) is 18.6 Å². The number of quaternary nitrogens is 1. The van der Waals surface area contributed by atoms with Crippen molar-refractivity contribution in [3.05, 3.63) is 60.8 Å².